The van der Waals surface area contributed by atoms with E-state index in [0.29, 0.717) is 4.47 Å². The minimum absolute atomic E-state index is 0.0144. The Balaban J connectivity index is 2.57. The standard InChI is InChI=1S/C10H5BrF3N3/c11-5-3-16-10(17-9(5)15)4-1-6(12)8(14)7(13)2-4/h1-3H,(H2,15,16,17). The van der Waals surface area contributed by atoms with Crippen molar-refractivity contribution >= 4 is 21.7 Å². The Morgan fingerprint density at radius 3 is 2.24 bits per heavy atom. The molecule has 0 saturated heterocycles. The van der Waals surface area contributed by atoms with E-state index in [9.17, 15) is 13.2 Å². The van der Waals surface area contributed by atoms with Crippen molar-refractivity contribution in [3.8, 4) is 11.4 Å². The van der Waals surface area contributed by atoms with E-state index in [1.807, 2.05) is 0 Å². The summed E-state index contributed by atoms with van der Waals surface area (Å²) in [6, 6.07) is 1.61. The second-order valence-corrected chi connectivity index (χ2v) is 4.03. The van der Waals surface area contributed by atoms with E-state index in [1.54, 1.807) is 0 Å². The fourth-order valence-electron chi connectivity index (χ4n) is 1.20. The normalized spacial score (nSPS) is 10.6. The number of rotatable bonds is 1. The van der Waals surface area contributed by atoms with Crippen LogP contribution in [-0.2, 0) is 0 Å². The van der Waals surface area contributed by atoms with E-state index in [0.717, 1.165) is 12.1 Å². The Kier molecular flexibility index (Phi) is 3.01. The van der Waals surface area contributed by atoms with Crippen LogP contribution in [0.5, 0.6) is 0 Å². The van der Waals surface area contributed by atoms with E-state index >= 15 is 0 Å². The zero-order valence-corrected chi connectivity index (χ0v) is 9.80. The number of nitrogens with two attached hydrogens (primary N) is 1. The number of hydrogen-bond donors (Lipinski definition) is 1. The Labute approximate surface area is 103 Å². The van der Waals surface area contributed by atoms with Gasteiger partial charge in [-0.1, -0.05) is 0 Å². The van der Waals surface area contributed by atoms with Gasteiger partial charge in [0.25, 0.3) is 0 Å². The number of anilines is 1. The Hall–Kier alpha value is -1.63. The van der Waals surface area contributed by atoms with Gasteiger partial charge in [0.05, 0.1) is 4.47 Å². The molecule has 0 amide bonds. The first-order valence-electron chi connectivity index (χ1n) is 4.42. The van der Waals surface area contributed by atoms with Crippen LogP contribution in [0.1, 0.15) is 0 Å². The molecule has 2 rings (SSSR count). The third-order valence-electron chi connectivity index (χ3n) is 2.01. The number of nitrogens with zero attached hydrogens (tertiary/aromatic N) is 2. The highest BCUT2D eigenvalue weighted by atomic mass is 79.9. The average molecular weight is 304 g/mol. The van der Waals surface area contributed by atoms with Crippen LogP contribution in [0.25, 0.3) is 11.4 Å². The number of halogens is 4. The molecule has 0 aliphatic heterocycles. The molecule has 0 unspecified atom stereocenters. The Morgan fingerprint density at radius 1 is 1.12 bits per heavy atom. The second kappa shape index (κ2) is 4.33. The van der Waals surface area contributed by atoms with Crippen LogP contribution in [-0.4, -0.2) is 9.97 Å². The van der Waals surface area contributed by atoms with Crippen LogP contribution < -0.4 is 5.73 Å². The minimum atomic E-state index is -1.53. The smallest absolute Gasteiger partial charge is 0.194 e. The highest BCUT2D eigenvalue weighted by molar-refractivity contribution is 9.10. The second-order valence-electron chi connectivity index (χ2n) is 3.18. The predicted octanol–water partition coefficient (Wildman–Crippen LogP) is 2.91. The maximum Gasteiger partial charge on any atom is 0.194 e. The van der Waals surface area contributed by atoms with Gasteiger partial charge >= 0.3 is 0 Å². The molecule has 0 spiro atoms. The van der Waals surface area contributed by atoms with Gasteiger partial charge in [-0.25, -0.2) is 23.1 Å². The Morgan fingerprint density at radius 2 is 1.71 bits per heavy atom. The van der Waals surface area contributed by atoms with Crippen molar-refractivity contribution < 1.29 is 13.2 Å². The molecular weight excluding hydrogens is 299 g/mol. The lowest BCUT2D eigenvalue weighted by Gasteiger charge is -2.03. The summed E-state index contributed by atoms with van der Waals surface area (Å²) in [7, 11) is 0. The van der Waals surface area contributed by atoms with Crippen LogP contribution in [0.4, 0.5) is 19.0 Å². The third-order valence-corrected chi connectivity index (χ3v) is 2.62. The lowest BCUT2D eigenvalue weighted by atomic mass is 10.2. The van der Waals surface area contributed by atoms with Gasteiger partial charge in [0.15, 0.2) is 23.3 Å². The molecule has 0 radical (unpaired) electrons. The lowest BCUT2D eigenvalue weighted by molar-refractivity contribution is 0.447. The molecule has 1 aromatic heterocycles. The van der Waals surface area contributed by atoms with E-state index in [-0.39, 0.29) is 17.2 Å². The van der Waals surface area contributed by atoms with Crippen molar-refractivity contribution in [2.24, 2.45) is 0 Å². The van der Waals surface area contributed by atoms with E-state index in [1.165, 1.54) is 6.20 Å². The first kappa shape index (κ1) is 11.8. The number of benzene rings is 1. The molecule has 0 fully saturated rings. The molecule has 7 heteroatoms. The highest BCUT2D eigenvalue weighted by Crippen LogP contribution is 2.23. The molecule has 2 aromatic rings. The summed E-state index contributed by atoms with van der Waals surface area (Å²) in [4.78, 5) is 7.65. The molecule has 0 bridgehead atoms. The lowest BCUT2D eigenvalue weighted by Crippen LogP contribution is -1.98. The van der Waals surface area contributed by atoms with Crippen molar-refractivity contribution in [2.45, 2.75) is 0 Å². The number of hydrogen-bond acceptors (Lipinski definition) is 3. The molecule has 1 heterocycles. The average Bonchev–Trinajstić information content (AvgIpc) is 2.29. The van der Waals surface area contributed by atoms with Gasteiger partial charge < -0.3 is 5.73 Å². The third kappa shape index (κ3) is 2.23. The van der Waals surface area contributed by atoms with Crippen molar-refractivity contribution in [3.63, 3.8) is 0 Å². The van der Waals surface area contributed by atoms with Crippen LogP contribution in [0.2, 0.25) is 0 Å². The number of aromatic nitrogens is 2. The van der Waals surface area contributed by atoms with Gasteiger partial charge in [0.2, 0.25) is 0 Å². The molecule has 1 aromatic carbocycles. The van der Waals surface area contributed by atoms with E-state index in [4.69, 9.17) is 5.73 Å². The molecule has 88 valence electrons. The largest absolute Gasteiger partial charge is 0.383 e. The van der Waals surface area contributed by atoms with Crippen molar-refractivity contribution in [1.29, 1.82) is 0 Å². The van der Waals surface area contributed by atoms with E-state index < -0.39 is 17.5 Å². The molecule has 0 aliphatic carbocycles. The van der Waals surface area contributed by atoms with Crippen LogP contribution in [0, 0.1) is 17.5 Å². The summed E-state index contributed by atoms with van der Waals surface area (Å²) >= 11 is 3.08. The Bertz CT molecular complexity index is 566. The molecular formula is C10H5BrF3N3. The van der Waals surface area contributed by atoms with Crippen molar-refractivity contribution in [1.82, 2.24) is 9.97 Å². The van der Waals surface area contributed by atoms with Gasteiger partial charge in [0, 0.05) is 11.8 Å². The van der Waals surface area contributed by atoms with Crippen molar-refractivity contribution in [3.05, 3.63) is 40.3 Å². The SMILES string of the molecule is Nc1nc(-c2cc(F)c(F)c(F)c2)ncc1Br. The zero-order chi connectivity index (χ0) is 12.6. The molecule has 0 aliphatic rings. The molecule has 17 heavy (non-hydrogen) atoms. The van der Waals surface area contributed by atoms with Gasteiger partial charge in [-0.2, -0.15) is 0 Å². The van der Waals surface area contributed by atoms with Gasteiger partial charge in [-0.3, -0.25) is 0 Å². The maximum atomic E-state index is 13.0. The fraction of sp³-hybridized carbons (Fsp3) is 0. The fourth-order valence-corrected chi connectivity index (χ4v) is 1.40. The van der Waals surface area contributed by atoms with Crippen molar-refractivity contribution in [2.75, 3.05) is 5.73 Å². The summed E-state index contributed by atoms with van der Waals surface area (Å²) in [5.74, 6) is -3.99. The van der Waals surface area contributed by atoms with Crippen LogP contribution >= 0.6 is 15.9 Å². The van der Waals surface area contributed by atoms with Crippen LogP contribution in [0.15, 0.2) is 22.8 Å². The van der Waals surface area contributed by atoms with Gasteiger partial charge in [-0.05, 0) is 28.1 Å². The monoisotopic (exact) mass is 303 g/mol. The zero-order valence-electron chi connectivity index (χ0n) is 8.22. The summed E-state index contributed by atoms with van der Waals surface area (Å²) in [5, 5.41) is 0. The predicted molar refractivity (Wildman–Crippen MR) is 59.5 cm³/mol. The molecule has 3 nitrogen and oxygen atoms in total. The quantitative estimate of drug-likeness (QED) is 0.824. The molecule has 0 saturated carbocycles. The van der Waals surface area contributed by atoms with E-state index in [2.05, 4.69) is 25.9 Å². The topological polar surface area (TPSA) is 51.8 Å². The minimum Gasteiger partial charge on any atom is -0.383 e. The summed E-state index contributed by atoms with van der Waals surface area (Å²) in [5.41, 5.74) is 5.52. The summed E-state index contributed by atoms with van der Waals surface area (Å²) in [6.45, 7) is 0. The van der Waals surface area contributed by atoms with Crippen LogP contribution in [0.3, 0.4) is 0 Å². The molecule has 0 atom stereocenters. The first-order valence-corrected chi connectivity index (χ1v) is 5.21. The van der Waals surface area contributed by atoms with Gasteiger partial charge in [0.1, 0.15) is 5.82 Å². The molecule has 2 N–H and O–H groups in total. The number of nitrogen functional groups attached to an aromatic ring is 1. The maximum absolute atomic E-state index is 13.0. The summed E-state index contributed by atoms with van der Waals surface area (Å²) < 4.78 is 39.2. The summed E-state index contributed by atoms with van der Waals surface area (Å²) in [6.07, 6.45) is 1.34. The first-order chi connectivity index (χ1) is 7.99. The highest BCUT2D eigenvalue weighted by Gasteiger charge is 2.13. The van der Waals surface area contributed by atoms with Gasteiger partial charge in [-0.15, -0.1) is 0 Å².